The first-order valence-electron chi connectivity index (χ1n) is 9.06. The normalized spacial score (nSPS) is 19.8. The maximum absolute atomic E-state index is 9.70. The number of benzene rings is 1. The predicted molar refractivity (Wildman–Crippen MR) is 102 cm³/mol. The summed E-state index contributed by atoms with van der Waals surface area (Å²) in [7, 11) is 0. The second kappa shape index (κ2) is 6.24. The van der Waals surface area contributed by atoms with Gasteiger partial charge in [-0.05, 0) is 50.5 Å². The SMILES string of the molecule is Cc1ccc2cc(-n3nnc4cnc(NC5CCC(O)C5)nc43)ccc2n1. The molecule has 4 aromatic rings. The quantitative estimate of drug-likeness (QED) is 0.578. The molecule has 2 N–H and O–H groups in total. The van der Waals surface area contributed by atoms with Gasteiger partial charge in [0.05, 0.1) is 23.5 Å². The molecule has 0 spiro atoms. The first-order valence-corrected chi connectivity index (χ1v) is 9.06. The Kier molecular flexibility index (Phi) is 3.71. The fourth-order valence-electron chi connectivity index (χ4n) is 3.59. The second-order valence-electron chi connectivity index (χ2n) is 7.04. The van der Waals surface area contributed by atoms with Gasteiger partial charge in [0, 0.05) is 17.1 Å². The van der Waals surface area contributed by atoms with Crippen LogP contribution in [-0.2, 0) is 0 Å². The van der Waals surface area contributed by atoms with Gasteiger partial charge in [-0.3, -0.25) is 4.98 Å². The van der Waals surface area contributed by atoms with Crippen LogP contribution in [-0.4, -0.2) is 47.2 Å². The van der Waals surface area contributed by atoms with Gasteiger partial charge in [0.2, 0.25) is 5.95 Å². The summed E-state index contributed by atoms with van der Waals surface area (Å²) in [4.78, 5) is 13.5. The maximum atomic E-state index is 9.70. The Morgan fingerprint density at radius 1 is 1.11 bits per heavy atom. The lowest BCUT2D eigenvalue weighted by molar-refractivity contribution is 0.182. The van der Waals surface area contributed by atoms with Crippen LogP contribution in [0.2, 0.25) is 0 Å². The van der Waals surface area contributed by atoms with Gasteiger partial charge in [-0.2, -0.15) is 9.67 Å². The van der Waals surface area contributed by atoms with Crippen molar-refractivity contribution in [2.75, 3.05) is 5.32 Å². The zero-order valence-electron chi connectivity index (χ0n) is 14.9. The Morgan fingerprint density at radius 2 is 2.04 bits per heavy atom. The third-order valence-corrected chi connectivity index (χ3v) is 4.99. The summed E-state index contributed by atoms with van der Waals surface area (Å²) in [5.41, 5.74) is 4.08. The Balaban J connectivity index is 1.53. The fourth-order valence-corrected chi connectivity index (χ4v) is 3.59. The molecule has 8 nitrogen and oxygen atoms in total. The predicted octanol–water partition coefficient (Wildman–Crippen LogP) is 2.39. The van der Waals surface area contributed by atoms with Gasteiger partial charge in [-0.1, -0.05) is 11.3 Å². The summed E-state index contributed by atoms with van der Waals surface area (Å²) in [6, 6.07) is 10.2. The largest absolute Gasteiger partial charge is 0.393 e. The highest BCUT2D eigenvalue weighted by Crippen LogP contribution is 2.23. The van der Waals surface area contributed by atoms with E-state index in [1.54, 1.807) is 10.9 Å². The lowest BCUT2D eigenvalue weighted by atomic mass is 10.2. The number of hydrogen-bond donors (Lipinski definition) is 2. The first kappa shape index (κ1) is 16.1. The molecule has 1 aliphatic carbocycles. The Hall–Kier alpha value is -3.13. The van der Waals surface area contributed by atoms with Crippen molar-refractivity contribution < 1.29 is 5.11 Å². The van der Waals surface area contributed by atoms with Crippen LogP contribution >= 0.6 is 0 Å². The van der Waals surface area contributed by atoms with Gasteiger partial charge in [0.1, 0.15) is 0 Å². The Morgan fingerprint density at radius 3 is 2.89 bits per heavy atom. The molecular formula is C19H19N7O. The standard InChI is InChI=1S/C19H19N7O/c1-11-2-3-12-8-14(5-7-16(12)21-11)26-18-17(24-25-26)10-20-19(23-18)22-13-4-6-15(27)9-13/h2-3,5,7-8,10,13,15,27H,4,6,9H2,1H3,(H,20,22,23). The van der Waals surface area contributed by atoms with Crippen LogP contribution in [0.1, 0.15) is 25.0 Å². The van der Waals surface area contributed by atoms with Crippen LogP contribution < -0.4 is 5.32 Å². The van der Waals surface area contributed by atoms with Crippen LogP contribution in [0.4, 0.5) is 5.95 Å². The number of aromatic nitrogens is 6. The fraction of sp³-hybridized carbons (Fsp3) is 0.316. The number of anilines is 1. The average Bonchev–Trinajstić information content (AvgIpc) is 3.27. The molecule has 0 aliphatic heterocycles. The van der Waals surface area contributed by atoms with Gasteiger partial charge < -0.3 is 10.4 Å². The number of aliphatic hydroxyl groups excluding tert-OH is 1. The zero-order chi connectivity index (χ0) is 18.4. The summed E-state index contributed by atoms with van der Waals surface area (Å²) in [6.45, 7) is 1.98. The number of hydrogen-bond acceptors (Lipinski definition) is 7. The van der Waals surface area contributed by atoms with Crippen molar-refractivity contribution in [3.63, 3.8) is 0 Å². The van der Waals surface area contributed by atoms with E-state index in [1.165, 1.54) is 0 Å². The number of aliphatic hydroxyl groups is 1. The lowest BCUT2D eigenvalue weighted by Crippen LogP contribution is -2.18. The van der Waals surface area contributed by atoms with Crippen LogP contribution in [0.15, 0.2) is 36.5 Å². The highest BCUT2D eigenvalue weighted by atomic mass is 16.3. The molecule has 0 bridgehead atoms. The van der Waals surface area contributed by atoms with E-state index in [1.807, 2.05) is 37.3 Å². The molecule has 1 aliphatic rings. The van der Waals surface area contributed by atoms with Crippen molar-refractivity contribution in [3.8, 4) is 5.69 Å². The summed E-state index contributed by atoms with van der Waals surface area (Å²) in [5.74, 6) is 0.531. The van der Waals surface area contributed by atoms with E-state index in [0.29, 0.717) is 17.1 Å². The van der Waals surface area contributed by atoms with Gasteiger partial charge in [0.25, 0.3) is 0 Å². The molecule has 2 unspecified atom stereocenters. The zero-order valence-corrected chi connectivity index (χ0v) is 14.9. The highest BCUT2D eigenvalue weighted by Gasteiger charge is 2.23. The summed E-state index contributed by atoms with van der Waals surface area (Å²) < 4.78 is 1.71. The monoisotopic (exact) mass is 361 g/mol. The average molecular weight is 361 g/mol. The van der Waals surface area contributed by atoms with E-state index in [0.717, 1.165) is 41.5 Å². The number of fused-ring (bicyclic) bond motifs is 2. The van der Waals surface area contributed by atoms with Crippen molar-refractivity contribution in [3.05, 3.63) is 42.2 Å². The van der Waals surface area contributed by atoms with Gasteiger partial charge >= 0.3 is 0 Å². The molecule has 2 atom stereocenters. The van der Waals surface area contributed by atoms with E-state index < -0.39 is 0 Å². The summed E-state index contributed by atoms with van der Waals surface area (Å²) in [6.07, 6.45) is 3.87. The molecule has 3 heterocycles. The minimum atomic E-state index is -0.242. The molecule has 1 aromatic carbocycles. The third-order valence-electron chi connectivity index (χ3n) is 4.99. The maximum Gasteiger partial charge on any atom is 0.225 e. The molecule has 0 radical (unpaired) electrons. The van der Waals surface area contributed by atoms with Gasteiger partial charge in [0.15, 0.2) is 11.2 Å². The van der Waals surface area contributed by atoms with E-state index in [-0.39, 0.29) is 12.1 Å². The number of rotatable bonds is 3. The molecule has 5 rings (SSSR count). The topological polar surface area (TPSA) is 102 Å². The minimum absolute atomic E-state index is 0.191. The van der Waals surface area contributed by atoms with Crippen molar-refractivity contribution >= 4 is 28.0 Å². The first-order chi connectivity index (χ1) is 13.2. The van der Waals surface area contributed by atoms with Crippen molar-refractivity contribution in [1.82, 2.24) is 29.9 Å². The van der Waals surface area contributed by atoms with E-state index in [2.05, 4.69) is 30.6 Å². The number of nitrogens with one attached hydrogen (secondary N) is 1. The third kappa shape index (κ3) is 2.97. The van der Waals surface area contributed by atoms with Crippen molar-refractivity contribution in [2.45, 2.75) is 38.3 Å². The number of pyridine rings is 1. The number of nitrogens with zero attached hydrogens (tertiary/aromatic N) is 6. The van der Waals surface area contributed by atoms with Crippen LogP contribution in [0.25, 0.3) is 27.8 Å². The van der Waals surface area contributed by atoms with E-state index in [4.69, 9.17) is 0 Å². The van der Waals surface area contributed by atoms with Crippen molar-refractivity contribution in [1.29, 1.82) is 0 Å². The van der Waals surface area contributed by atoms with Crippen molar-refractivity contribution in [2.24, 2.45) is 0 Å². The molecule has 1 saturated carbocycles. The lowest BCUT2D eigenvalue weighted by Gasteiger charge is -2.11. The molecular weight excluding hydrogens is 342 g/mol. The van der Waals surface area contributed by atoms with Crippen LogP contribution in [0, 0.1) is 6.92 Å². The number of aryl methyl sites for hydroxylation is 1. The van der Waals surface area contributed by atoms with E-state index >= 15 is 0 Å². The molecule has 0 amide bonds. The Labute approximate surface area is 155 Å². The summed E-state index contributed by atoms with van der Waals surface area (Å²) in [5, 5.41) is 22.5. The van der Waals surface area contributed by atoms with Gasteiger partial charge in [-0.15, -0.1) is 5.10 Å². The molecule has 0 saturated heterocycles. The molecule has 8 heteroatoms. The second-order valence-corrected chi connectivity index (χ2v) is 7.04. The smallest absolute Gasteiger partial charge is 0.225 e. The Bertz CT molecular complexity index is 1140. The van der Waals surface area contributed by atoms with Crippen LogP contribution in [0.5, 0.6) is 0 Å². The molecule has 3 aromatic heterocycles. The van der Waals surface area contributed by atoms with Gasteiger partial charge in [-0.25, -0.2) is 4.98 Å². The molecule has 27 heavy (non-hydrogen) atoms. The molecule has 1 fully saturated rings. The highest BCUT2D eigenvalue weighted by molar-refractivity contribution is 5.82. The summed E-state index contributed by atoms with van der Waals surface area (Å²) >= 11 is 0. The van der Waals surface area contributed by atoms with Crippen LogP contribution in [0.3, 0.4) is 0 Å². The van der Waals surface area contributed by atoms with E-state index in [9.17, 15) is 5.11 Å². The minimum Gasteiger partial charge on any atom is -0.393 e. The molecule has 136 valence electrons.